The van der Waals surface area contributed by atoms with Crippen molar-refractivity contribution in [3.8, 4) is 0 Å². The van der Waals surface area contributed by atoms with E-state index in [-0.39, 0.29) is 26.1 Å². The predicted octanol–water partition coefficient (Wildman–Crippen LogP) is 11.8. The molecule has 2 heterocycles. The van der Waals surface area contributed by atoms with Gasteiger partial charge in [-0.2, -0.15) is 0 Å². The van der Waals surface area contributed by atoms with Crippen LogP contribution >= 0.6 is 0 Å². The third-order valence-corrected chi connectivity index (χ3v) is 15.4. The number of carbonyl (C=O) groups excluding carboxylic acids is 2. The van der Waals surface area contributed by atoms with E-state index < -0.39 is 92.7 Å². The number of ether oxygens (including phenoxy) is 6. The van der Waals surface area contributed by atoms with Gasteiger partial charge in [-0.1, -0.05) is 224 Å². The van der Waals surface area contributed by atoms with Crippen molar-refractivity contribution in [3.63, 3.8) is 0 Å². The highest BCUT2D eigenvalue weighted by molar-refractivity contribution is 5.70. The summed E-state index contributed by atoms with van der Waals surface area (Å²) in [7, 11) is 0. The molecule has 7 N–H and O–H groups in total. The molecule has 0 spiro atoms. The molecule has 2 aliphatic heterocycles. The molecule has 0 aliphatic carbocycles. The minimum absolute atomic E-state index is 0.121. The Bertz CT molecular complexity index is 1450. The van der Waals surface area contributed by atoms with Gasteiger partial charge in [0.15, 0.2) is 18.7 Å². The van der Waals surface area contributed by atoms with Crippen LogP contribution in [0.5, 0.6) is 0 Å². The minimum Gasteiger partial charge on any atom is -0.462 e. The fraction of sp³-hybridized carbons (Fsp3) is 0.905. The van der Waals surface area contributed by atoms with Crippen LogP contribution in [0.2, 0.25) is 0 Å². The molecule has 78 heavy (non-hydrogen) atoms. The molecule has 0 aromatic carbocycles. The van der Waals surface area contributed by atoms with Crippen molar-refractivity contribution in [3.05, 3.63) is 24.3 Å². The Morgan fingerprint density at radius 1 is 0.397 bits per heavy atom. The van der Waals surface area contributed by atoms with Crippen LogP contribution in [0.1, 0.15) is 271 Å². The molecule has 0 amide bonds. The molecule has 2 rings (SSSR count). The first-order chi connectivity index (χ1) is 38.0. The van der Waals surface area contributed by atoms with Crippen LogP contribution in [0.25, 0.3) is 0 Å². The van der Waals surface area contributed by atoms with Gasteiger partial charge in [0.2, 0.25) is 0 Å². The van der Waals surface area contributed by atoms with Gasteiger partial charge >= 0.3 is 11.9 Å². The van der Waals surface area contributed by atoms with E-state index in [4.69, 9.17) is 28.4 Å². The van der Waals surface area contributed by atoms with E-state index in [0.717, 1.165) is 32.1 Å². The van der Waals surface area contributed by atoms with Gasteiger partial charge in [-0.15, -0.1) is 0 Å². The van der Waals surface area contributed by atoms with Crippen molar-refractivity contribution < 1.29 is 73.8 Å². The SMILES string of the molecule is CCCCCCCC/C=C/CCCCCCCCCCCC(=O)OC[C@H](CO[C@H]1O[C@@H](CO[C@H]2O[C@@H](CO)[C@@H](O)C(O)C2O)[C@@H](O)C(O)C1O)OC(=O)CCC/C=C/CCCCCCCCCCCCCCCCCCCC. The molecule has 15 heteroatoms. The Hall–Kier alpha value is -2.02. The lowest BCUT2D eigenvalue weighted by molar-refractivity contribution is -0.332. The molecule has 15 nitrogen and oxygen atoms in total. The van der Waals surface area contributed by atoms with Crippen molar-refractivity contribution in [1.29, 1.82) is 0 Å². The first-order valence-electron chi connectivity index (χ1n) is 31.9. The van der Waals surface area contributed by atoms with Gasteiger partial charge < -0.3 is 64.2 Å². The summed E-state index contributed by atoms with van der Waals surface area (Å²) >= 11 is 0. The van der Waals surface area contributed by atoms with Gasteiger partial charge in [0, 0.05) is 12.8 Å². The molecular formula is C63H116O15. The maximum Gasteiger partial charge on any atom is 0.306 e. The molecule has 2 saturated heterocycles. The van der Waals surface area contributed by atoms with Gasteiger partial charge in [0.05, 0.1) is 19.8 Å². The molecule has 4 unspecified atom stereocenters. The highest BCUT2D eigenvalue weighted by Gasteiger charge is 2.47. The quantitative estimate of drug-likeness (QED) is 0.0171. The molecule has 2 aliphatic rings. The summed E-state index contributed by atoms with van der Waals surface area (Å²) in [4.78, 5) is 25.9. The fourth-order valence-corrected chi connectivity index (χ4v) is 10.2. The van der Waals surface area contributed by atoms with Crippen LogP contribution in [0.15, 0.2) is 24.3 Å². The first-order valence-corrected chi connectivity index (χ1v) is 31.9. The smallest absolute Gasteiger partial charge is 0.306 e. The number of aliphatic hydroxyl groups excluding tert-OH is 7. The van der Waals surface area contributed by atoms with Gasteiger partial charge in [0.25, 0.3) is 0 Å². The Labute approximate surface area is 473 Å². The molecule has 0 aromatic heterocycles. The lowest BCUT2D eigenvalue weighted by Gasteiger charge is -2.42. The average molecular weight is 1110 g/mol. The minimum atomic E-state index is -1.77. The lowest BCUT2D eigenvalue weighted by Crippen LogP contribution is -2.61. The number of esters is 2. The summed E-state index contributed by atoms with van der Waals surface area (Å²) in [6.07, 6.45) is 39.2. The second kappa shape index (κ2) is 49.6. The second-order valence-electron chi connectivity index (χ2n) is 22.6. The third kappa shape index (κ3) is 35.8. The molecule has 458 valence electrons. The molecule has 0 saturated carbocycles. The van der Waals surface area contributed by atoms with Crippen molar-refractivity contribution in [2.24, 2.45) is 0 Å². The van der Waals surface area contributed by atoms with Crippen molar-refractivity contribution in [1.82, 2.24) is 0 Å². The van der Waals surface area contributed by atoms with Crippen LogP contribution < -0.4 is 0 Å². The number of allylic oxidation sites excluding steroid dienone is 4. The van der Waals surface area contributed by atoms with Crippen LogP contribution in [0, 0.1) is 0 Å². The van der Waals surface area contributed by atoms with Crippen LogP contribution in [-0.2, 0) is 38.0 Å². The van der Waals surface area contributed by atoms with Crippen molar-refractivity contribution in [2.45, 2.75) is 338 Å². The number of rotatable bonds is 52. The topological polar surface area (TPSA) is 231 Å². The summed E-state index contributed by atoms with van der Waals surface area (Å²) in [5.74, 6) is -0.950. The molecule has 0 radical (unpaired) electrons. The summed E-state index contributed by atoms with van der Waals surface area (Å²) in [6.45, 7) is 2.62. The predicted molar refractivity (Wildman–Crippen MR) is 307 cm³/mol. The van der Waals surface area contributed by atoms with Crippen LogP contribution in [0.4, 0.5) is 0 Å². The largest absolute Gasteiger partial charge is 0.462 e. The Morgan fingerprint density at radius 2 is 0.744 bits per heavy atom. The molecular weight excluding hydrogens is 997 g/mol. The highest BCUT2D eigenvalue weighted by Crippen LogP contribution is 2.27. The fourth-order valence-electron chi connectivity index (χ4n) is 10.2. The van der Waals surface area contributed by atoms with E-state index in [1.165, 1.54) is 193 Å². The number of aliphatic hydroxyl groups is 7. The van der Waals surface area contributed by atoms with Gasteiger partial charge in [-0.3, -0.25) is 9.59 Å². The first kappa shape index (κ1) is 72.1. The third-order valence-electron chi connectivity index (χ3n) is 15.4. The Kier molecular flexibility index (Phi) is 45.8. The monoisotopic (exact) mass is 1110 g/mol. The Balaban J connectivity index is 1.72. The van der Waals surface area contributed by atoms with E-state index in [1.54, 1.807) is 0 Å². The second-order valence-corrected chi connectivity index (χ2v) is 22.6. The number of hydrogen-bond donors (Lipinski definition) is 7. The summed E-state index contributed by atoms with van der Waals surface area (Å²) in [6, 6.07) is 0. The number of hydrogen-bond acceptors (Lipinski definition) is 15. The maximum absolute atomic E-state index is 13.1. The molecule has 11 atom stereocenters. The van der Waals surface area contributed by atoms with Crippen LogP contribution in [-0.4, -0.2) is 142 Å². The summed E-state index contributed by atoms with van der Waals surface area (Å²) in [5, 5.41) is 72.4. The summed E-state index contributed by atoms with van der Waals surface area (Å²) < 4.78 is 33.7. The summed E-state index contributed by atoms with van der Waals surface area (Å²) in [5.41, 5.74) is 0. The van der Waals surface area contributed by atoms with Crippen LogP contribution in [0.3, 0.4) is 0 Å². The molecule has 0 aromatic rings. The number of unbranched alkanes of at least 4 members (excludes halogenated alkanes) is 34. The maximum atomic E-state index is 13.1. The van der Waals surface area contributed by atoms with E-state index in [9.17, 15) is 45.3 Å². The van der Waals surface area contributed by atoms with E-state index in [2.05, 4.69) is 38.2 Å². The van der Waals surface area contributed by atoms with Crippen molar-refractivity contribution >= 4 is 11.9 Å². The Morgan fingerprint density at radius 3 is 1.17 bits per heavy atom. The van der Waals surface area contributed by atoms with Crippen molar-refractivity contribution in [2.75, 3.05) is 26.4 Å². The molecule has 2 fully saturated rings. The molecule has 0 bridgehead atoms. The number of carbonyl (C=O) groups is 2. The average Bonchev–Trinajstić information content (AvgIpc) is 3.43. The van der Waals surface area contributed by atoms with Gasteiger partial charge in [-0.05, 0) is 57.8 Å². The highest BCUT2D eigenvalue weighted by atomic mass is 16.7. The van der Waals surface area contributed by atoms with Gasteiger partial charge in [-0.25, -0.2) is 0 Å². The lowest BCUT2D eigenvalue weighted by atomic mass is 9.98. The van der Waals surface area contributed by atoms with E-state index in [1.807, 2.05) is 0 Å². The van der Waals surface area contributed by atoms with E-state index >= 15 is 0 Å². The van der Waals surface area contributed by atoms with E-state index in [0.29, 0.717) is 19.3 Å². The van der Waals surface area contributed by atoms with Gasteiger partial charge in [0.1, 0.15) is 55.4 Å². The zero-order valence-corrected chi connectivity index (χ0v) is 49.2. The zero-order chi connectivity index (χ0) is 56.7. The standard InChI is InChI=1S/C63H116O15/c1-3-5-7-9-11-13-15-17-19-21-23-24-25-26-28-30-32-34-36-38-40-42-44-46-55(66)76-51(48-73-54(65)45-43-41-39-37-35-33-31-29-27-22-20-18-16-14-12-10-8-6-4-2)49-74-62-61(72)59(70)57(68)53(78-62)50-75-63-60(71)58(69)56(67)52(47-64)77-63/h18,20,38,40,51-53,56-64,67-72H,3-17,19,21-37,39,41-50H2,1-2H3/b20-18+,40-38+/t51-,52+,53+,56-,57-,58?,59?,60?,61?,62+,63+/m1/s1. The normalized spacial score (nSPS) is 24.1. The zero-order valence-electron chi connectivity index (χ0n) is 49.2.